The number of imidazole rings is 1. The zero-order valence-electron chi connectivity index (χ0n) is 18.2. The first-order chi connectivity index (χ1) is 14.2. The molecular formula is C20H33F3IN5O2. The molecule has 2 saturated carbocycles. The van der Waals surface area contributed by atoms with Gasteiger partial charge in [-0.3, -0.25) is 4.99 Å². The lowest BCUT2D eigenvalue weighted by atomic mass is 9.51. The number of nitrogens with zero attached hydrogens (tertiary/aromatic N) is 3. The van der Waals surface area contributed by atoms with Gasteiger partial charge in [0, 0.05) is 57.0 Å². The van der Waals surface area contributed by atoms with E-state index < -0.39 is 24.0 Å². The second-order valence-corrected chi connectivity index (χ2v) is 8.19. The summed E-state index contributed by atoms with van der Waals surface area (Å²) in [7, 11) is 1.43. The molecule has 2 aliphatic rings. The van der Waals surface area contributed by atoms with Gasteiger partial charge in [0.25, 0.3) is 0 Å². The average Bonchev–Trinajstić information content (AvgIpc) is 3.04. The molecule has 1 aromatic heterocycles. The van der Waals surface area contributed by atoms with Gasteiger partial charge in [-0.2, -0.15) is 13.2 Å². The monoisotopic (exact) mass is 559 g/mol. The molecule has 31 heavy (non-hydrogen) atoms. The molecule has 1 aromatic rings. The van der Waals surface area contributed by atoms with Crippen LogP contribution in [0.3, 0.4) is 0 Å². The Kier molecular flexibility index (Phi) is 8.65. The van der Waals surface area contributed by atoms with Crippen molar-refractivity contribution in [3.63, 3.8) is 0 Å². The van der Waals surface area contributed by atoms with Crippen LogP contribution in [-0.2, 0) is 17.4 Å². The van der Waals surface area contributed by atoms with Crippen molar-refractivity contribution in [3.8, 4) is 0 Å². The second-order valence-electron chi connectivity index (χ2n) is 8.19. The molecule has 11 heteroatoms. The molecular weight excluding hydrogens is 526 g/mol. The van der Waals surface area contributed by atoms with E-state index in [0.29, 0.717) is 19.1 Å². The minimum atomic E-state index is -4.86. The predicted octanol–water partition coefficient (Wildman–Crippen LogP) is 3.08. The van der Waals surface area contributed by atoms with Gasteiger partial charge in [0.2, 0.25) is 5.60 Å². The number of ether oxygens (including phenoxy) is 1. The first kappa shape index (κ1) is 26.2. The topological polar surface area (TPSA) is 83.7 Å². The lowest BCUT2D eigenvalue weighted by molar-refractivity contribution is -0.272. The maximum atomic E-state index is 13.7. The average molecular weight is 559 g/mol. The summed E-state index contributed by atoms with van der Waals surface area (Å²) < 4.78 is 48.0. The van der Waals surface area contributed by atoms with Crippen LogP contribution < -0.4 is 10.6 Å². The van der Waals surface area contributed by atoms with Crippen LogP contribution in [-0.4, -0.2) is 58.6 Å². The number of nitrogens with one attached hydrogen (secondary N) is 2. The van der Waals surface area contributed by atoms with E-state index in [0.717, 1.165) is 25.7 Å². The maximum Gasteiger partial charge on any atom is 0.424 e. The highest BCUT2D eigenvalue weighted by Gasteiger charge is 2.59. The van der Waals surface area contributed by atoms with E-state index in [1.165, 1.54) is 24.0 Å². The zero-order chi connectivity index (χ0) is 22.0. The number of guanidine groups is 1. The van der Waals surface area contributed by atoms with Crippen LogP contribution in [0.15, 0.2) is 17.4 Å². The number of hydrogen-bond acceptors (Lipinski definition) is 4. The SMILES string of the molecule is CCNC(=NCCC(O)(c1nccn1C)C(F)(F)F)NC1CC(OCC)C12CCC2.I. The van der Waals surface area contributed by atoms with Gasteiger partial charge in [0.05, 0.1) is 6.10 Å². The summed E-state index contributed by atoms with van der Waals surface area (Å²) in [5.41, 5.74) is -2.95. The van der Waals surface area contributed by atoms with Crippen molar-refractivity contribution in [2.24, 2.45) is 17.5 Å². The molecule has 3 atom stereocenters. The Morgan fingerprint density at radius 1 is 1.39 bits per heavy atom. The summed E-state index contributed by atoms with van der Waals surface area (Å²) in [5.74, 6) is 0.0308. The highest BCUT2D eigenvalue weighted by atomic mass is 127. The fraction of sp³-hybridized carbons (Fsp3) is 0.800. The van der Waals surface area contributed by atoms with Gasteiger partial charge in [-0.25, -0.2) is 4.98 Å². The largest absolute Gasteiger partial charge is 0.424 e. The molecule has 3 rings (SSSR count). The molecule has 0 bridgehead atoms. The van der Waals surface area contributed by atoms with Crippen LogP contribution >= 0.6 is 24.0 Å². The van der Waals surface area contributed by atoms with E-state index >= 15 is 0 Å². The second kappa shape index (κ2) is 10.2. The van der Waals surface area contributed by atoms with E-state index in [-0.39, 0.29) is 48.1 Å². The predicted molar refractivity (Wildman–Crippen MR) is 122 cm³/mol. The zero-order valence-corrected chi connectivity index (χ0v) is 20.5. The van der Waals surface area contributed by atoms with Crippen molar-refractivity contribution >= 4 is 29.9 Å². The fourth-order valence-corrected chi connectivity index (χ4v) is 4.60. The van der Waals surface area contributed by atoms with Crippen LogP contribution in [0.4, 0.5) is 13.2 Å². The lowest BCUT2D eigenvalue weighted by Gasteiger charge is -2.61. The van der Waals surface area contributed by atoms with E-state index in [9.17, 15) is 18.3 Å². The normalized spacial score (nSPS) is 24.5. The molecule has 0 aliphatic heterocycles. The highest BCUT2D eigenvalue weighted by molar-refractivity contribution is 14.0. The summed E-state index contributed by atoms with van der Waals surface area (Å²) in [4.78, 5) is 8.05. The summed E-state index contributed by atoms with van der Waals surface area (Å²) in [5, 5.41) is 16.9. The minimum absolute atomic E-state index is 0. The first-order valence-electron chi connectivity index (χ1n) is 10.6. The van der Waals surface area contributed by atoms with Gasteiger partial charge in [0.1, 0.15) is 5.82 Å². The molecule has 1 spiro atoms. The molecule has 0 aromatic carbocycles. The van der Waals surface area contributed by atoms with E-state index in [1.807, 2.05) is 13.8 Å². The molecule has 2 aliphatic carbocycles. The first-order valence-corrected chi connectivity index (χ1v) is 10.6. The summed E-state index contributed by atoms with van der Waals surface area (Å²) in [6.45, 7) is 4.95. The molecule has 0 amide bonds. The van der Waals surface area contributed by atoms with E-state index in [1.54, 1.807) is 0 Å². The van der Waals surface area contributed by atoms with Crippen molar-refractivity contribution in [3.05, 3.63) is 18.2 Å². The van der Waals surface area contributed by atoms with Gasteiger partial charge in [-0.15, -0.1) is 24.0 Å². The number of aliphatic imine (C=N–C) groups is 1. The molecule has 2 fully saturated rings. The Hall–Kier alpha value is -1.08. The lowest BCUT2D eigenvalue weighted by Crippen LogP contribution is -2.68. The summed E-state index contributed by atoms with van der Waals surface area (Å²) in [6.07, 6.45) is 1.57. The quantitative estimate of drug-likeness (QED) is 0.259. The summed E-state index contributed by atoms with van der Waals surface area (Å²) >= 11 is 0. The van der Waals surface area contributed by atoms with Crippen molar-refractivity contribution in [1.29, 1.82) is 0 Å². The van der Waals surface area contributed by atoms with Gasteiger partial charge < -0.3 is 25.0 Å². The fourth-order valence-electron chi connectivity index (χ4n) is 4.60. The number of hydrogen-bond donors (Lipinski definition) is 3. The third kappa shape index (κ3) is 4.97. The summed E-state index contributed by atoms with van der Waals surface area (Å²) in [6, 6.07) is 0.191. The highest BCUT2D eigenvalue weighted by Crippen LogP contribution is 2.57. The third-order valence-electron chi connectivity index (χ3n) is 6.50. The number of aryl methyl sites for hydroxylation is 1. The van der Waals surface area contributed by atoms with Gasteiger partial charge in [-0.1, -0.05) is 6.42 Å². The molecule has 1 heterocycles. The van der Waals surface area contributed by atoms with Crippen molar-refractivity contribution in [1.82, 2.24) is 20.2 Å². The number of rotatable bonds is 8. The Labute approximate surface area is 198 Å². The smallest absolute Gasteiger partial charge is 0.378 e. The number of aliphatic hydroxyl groups is 1. The molecule has 178 valence electrons. The van der Waals surface area contributed by atoms with Crippen molar-refractivity contribution < 1.29 is 23.0 Å². The van der Waals surface area contributed by atoms with E-state index in [2.05, 4.69) is 20.6 Å². The Balaban J connectivity index is 0.00000341. The van der Waals surface area contributed by atoms with Crippen molar-refractivity contribution in [2.45, 2.75) is 69.9 Å². The molecule has 3 unspecified atom stereocenters. The molecule has 3 N–H and O–H groups in total. The van der Waals surface area contributed by atoms with Gasteiger partial charge >= 0.3 is 6.18 Å². The Bertz CT molecular complexity index is 753. The number of halogens is 4. The van der Waals surface area contributed by atoms with E-state index in [4.69, 9.17) is 4.74 Å². The third-order valence-corrected chi connectivity index (χ3v) is 6.50. The standard InChI is InChI=1S/C20H32F3N5O2.HI/c1-4-24-17(27-14-13-15(30-5-2)18(14)7-6-8-18)26-10-9-19(29,20(21,22)23)16-25-11-12-28(16)3;/h11-12,14-15,29H,4-10,13H2,1-3H3,(H2,24,26,27);1H. The molecule has 0 saturated heterocycles. The van der Waals surface area contributed by atoms with Crippen LogP contribution in [0, 0.1) is 5.41 Å². The molecule has 7 nitrogen and oxygen atoms in total. The molecule has 0 radical (unpaired) electrons. The van der Waals surface area contributed by atoms with Crippen molar-refractivity contribution in [2.75, 3.05) is 19.7 Å². The minimum Gasteiger partial charge on any atom is -0.378 e. The Morgan fingerprint density at radius 2 is 2.10 bits per heavy atom. The number of alkyl halides is 3. The maximum absolute atomic E-state index is 13.7. The van der Waals surface area contributed by atoms with Gasteiger partial charge in [0.15, 0.2) is 5.96 Å². The number of aromatic nitrogens is 2. The van der Waals surface area contributed by atoms with Crippen LogP contribution in [0.2, 0.25) is 0 Å². The van der Waals surface area contributed by atoms with Gasteiger partial charge in [-0.05, 0) is 33.1 Å². The van der Waals surface area contributed by atoms with Crippen LogP contribution in [0.25, 0.3) is 0 Å². The van der Waals surface area contributed by atoms with Crippen LogP contribution in [0.5, 0.6) is 0 Å². The Morgan fingerprint density at radius 3 is 2.58 bits per heavy atom. The van der Waals surface area contributed by atoms with Crippen LogP contribution in [0.1, 0.15) is 51.8 Å².